The van der Waals surface area contributed by atoms with Gasteiger partial charge >= 0.3 is 5.97 Å². The number of hydrogen-bond donors (Lipinski definition) is 2. The zero-order valence-electron chi connectivity index (χ0n) is 15.6. The average molecular weight is 371 g/mol. The number of carbonyl (C=O) groups excluding carboxylic acids is 1. The first-order chi connectivity index (χ1) is 13.0. The SMILES string of the molecule is CCOCCOc1ccccc1C(=O)NCC(C)(C(=O)O)c1ccccc1. The van der Waals surface area contributed by atoms with Crippen molar-refractivity contribution in [1.82, 2.24) is 5.32 Å². The molecule has 0 fully saturated rings. The Morgan fingerprint density at radius 1 is 1.04 bits per heavy atom. The molecule has 1 atom stereocenters. The number of amides is 1. The second kappa shape index (κ2) is 9.73. The summed E-state index contributed by atoms with van der Waals surface area (Å²) in [6.45, 7) is 4.80. The van der Waals surface area contributed by atoms with Gasteiger partial charge in [-0.25, -0.2) is 0 Å². The summed E-state index contributed by atoms with van der Waals surface area (Å²) in [6.07, 6.45) is 0. The Bertz CT molecular complexity index is 762. The third kappa shape index (κ3) is 5.31. The molecule has 2 aromatic carbocycles. The first-order valence-corrected chi connectivity index (χ1v) is 8.85. The molecule has 2 N–H and O–H groups in total. The van der Waals surface area contributed by atoms with Crippen molar-refractivity contribution in [1.29, 1.82) is 0 Å². The first kappa shape index (κ1) is 20.5. The highest BCUT2D eigenvalue weighted by molar-refractivity contribution is 5.97. The minimum Gasteiger partial charge on any atom is -0.490 e. The third-order valence-electron chi connectivity index (χ3n) is 4.31. The molecule has 0 saturated carbocycles. The maximum atomic E-state index is 12.6. The number of ether oxygens (including phenoxy) is 2. The molecule has 1 amide bonds. The number of carboxylic acids is 1. The van der Waals surface area contributed by atoms with Crippen LogP contribution in [0.2, 0.25) is 0 Å². The molecular formula is C21H25NO5. The van der Waals surface area contributed by atoms with Gasteiger partial charge in [0.1, 0.15) is 17.8 Å². The molecule has 0 aliphatic carbocycles. The van der Waals surface area contributed by atoms with E-state index in [1.807, 2.05) is 13.0 Å². The summed E-state index contributed by atoms with van der Waals surface area (Å²) in [6, 6.07) is 15.7. The van der Waals surface area contributed by atoms with E-state index in [1.54, 1.807) is 55.5 Å². The second-order valence-corrected chi connectivity index (χ2v) is 6.23. The van der Waals surface area contributed by atoms with Gasteiger partial charge in [0.05, 0.1) is 12.2 Å². The van der Waals surface area contributed by atoms with E-state index >= 15 is 0 Å². The number of hydrogen-bond acceptors (Lipinski definition) is 4. The van der Waals surface area contributed by atoms with Gasteiger partial charge in [-0.15, -0.1) is 0 Å². The molecule has 1 unspecified atom stereocenters. The van der Waals surface area contributed by atoms with Gasteiger partial charge in [-0.1, -0.05) is 42.5 Å². The van der Waals surface area contributed by atoms with Gasteiger partial charge in [0.2, 0.25) is 0 Å². The van der Waals surface area contributed by atoms with E-state index in [0.717, 1.165) is 0 Å². The summed E-state index contributed by atoms with van der Waals surface area (Å²) in [5.41, 5.74) is -0.254. The smallest absolute Gasteiger partial charge is 0.315 e. The monoisotopic (exact) mass is 371 g/mol. The third-order valence-corrected chi connectivity index (χ3v) is 4.31. The van der Waals surface area contributed by atoms with E-state index in [9.17, 15) is 14.7 Å². The van der Waals surface area contributed by atoms with E-state index in [2.05, 4.69) is 5.32 Å². The highest BCUT2D eigenvalue weighted by Crippen LogP contribution is 2.24. The minimum atomic E-state index is -1.23. The normalized spacial score (nSPS) is 12.8. The molecule has 0 aromatic heterocycles. The van der Waals surface area contributed by atoms with Crippen LogP contribution in [0, 0.1) is 0 Å². The fourth-order valence-electron chi connectivity index (χ4n) is 2.59. The predicted octanol–water partition coefficient (Wildman–Crippen LogP) is 2.87. The van der Waals surface area contributed by atoms with Gasteiger partial charge in [0.25, 0.3) is 5.91 Å². The number of aliphatic carboxylic acids is 1. The second-order valence-electron chi connectivity index (χ2n) is 6.23. The number of rotatable bonds is 10. The van der Waals surface area contributed by atoms with Crippen molar-refractivity contribution in [3.63, 3.8) is 0 Å². The predicted molar refractivity (Wildman–Crippen MR) is 102 cm³/mol. The van der Waals surface area contributed by atoms with Crippen LogP contribution in [0.5, 0.6) is 5.75 Å². The van der Waals surface area contributed by atoms with Crippen molar-refractivity contribution in [3.8, 4) is 5.75 Å². The lowest BCUT2D eigenvalue weighted by Crippen LogP contribution is -2.44. The average Bonchev–Trinajstić information content (AvgIpc) is 2.70. The minimum absolute atomic E-state index is 0.0432. The Kier molecular flexibility index (Phi) is 7.37. The fraction of sp³-hybridized carbons (Fsp3) is 0.333. The molecule has 144 valence electrons. The molecule has 0 saturated heterocycles. The summed E-state index contributed by atoms with van der Waals surface area (Å²) < 4.78 is 10.9. The fourth-order valence-corrected chi connectivity index (χ4v) is 2.59. The van der Waals surface area contributed by atoms with Crippen molar-refractivity contribution >= 4 is 11.9 Å². The lowest BCUT2D eigenvalue weighted by molar-refractivity contribution is -0.142. The Labute approximate surface area is 159 Å². The van der Waals surface area contributed by atoms with Crippen LogP contribution >= 0.6 is 0 Å². The molecule has 6 nitrogen and oxygen atoms in total. The molecule has 2 aromatic rings. The van der Waals surface area contributed by atoms with Gasteiger partial charge in [-0.05, 0) is 31.5 Å². The van der Waals surface area contributed by atoms with Gasteiger partial charge in [0.15, 0.2) is 0 Å². The van der Waals surface area contributed by atoms with Crippen LogP contribution in [0.25, 0.3) is 0 Å². The number of benzene rings is 2. The molecule has 0 spiro atoms. The molecule has 0 radical (unpaired) electrons. The summed E-state index contributed by atoms with van der Waals surface area (Å²) in [7, 11) is 0. The highest BCUT2D eigenvalue weighted by Gasteiger charge is 2.35. The molecule has 0 heterocycles. The van der Waals surface area contributed by atoms with Crippen LogP contribution in [0.15, 0.2) is 54.6 Å². The van der Waals surface area contributed by atoms with Gasteiger partial charge in [0, 0.05) is 13.2 Å². The molecule has 0 aliphatic heterocycles. The maximum Gasteiger partial charge on any atom is 0.315 e. The van der Waals surface area contributed by atoms with Crippen molar-refractivity contribution in [2.45, 2.75) is 19.3 Å². The molecule has 6 heteroatoms. The van der Waals surface area contributed by atoms with E-state index in [4.69, 9.17) is 9.47 Å². The van der Waals surface area contributed by atoms with Crippen molar-refractivity contribution in [2.24, 2.45) is 0 Å². The molecule has 27 heavy (non-hydrogen) atoms. The number of para-hydroxylation sites is 1. The van der Waals surface area contributed by atoms with Crippen molar-refractivity contribution < 1.29 is 24.2 Å². The first-order valence-electron chi connectivity index (χ1n) is 8.85. The van der Waals surface area contributed by atoms with Crippen LogP contribution in [-0.2, 0) is 14.9 Å². The lowest BCUT2D eigenvalue weighted by atomic mass is 9.82. The van der Waals surface area contributed by atoms with E-state index in [0.29, 0.717) is 36.7 Å². The Morgan fingerprint density at radius 2 is 1.70 bits per heavy atom. The Balaban J connectivity index is 2.09. The number of carbonyl (C=O) groups is 2. The Morgan fingerprint density at radius 3 is 2.37 bits per heavy atom. The number of carboxylic acid groups (broad SMARTS) is 1. The summed E-state index contributed by atoms with van der Waals surface area (Å²) in [5.74, 6) is -0.952. The largest absolute Gasteiger partial charge is 0.490 e. The topological polar surface area (TPSA) is 84.9 Å². The summed E-state index contributed by atoms with van der Waals surface area (Å²) >= 11 is 0. The summed E-state index contributed by atoms with van der Waals surface area (Å²) in [5, 5.41) is 12.4. The van der Waals surface area contributed by atoms with E-state index < -0.39 is 11.4 Å². The van der Waals surface area contributed by atoms with Crippen molar-refractivity contribution in [3.05, 3.63) is 65.7 Å². The van der Waals surface area contributed by atoms with E-state index in [1.165, 1.54) is 0 Å². The van der Waals surface area contributed by atoms with Crippen LogP contribution in [0.4, 0.5) is 0 Å². The number of nitrogens with one attached hydrogen (secondary N) is 1. The van der Waals surface area contributed by atoms with Crippen LogP contribution in [-0.4, -0.2) is 43.3 Å². The van der Waals surface area contributed by atoms with Crippen molar-refractivity contribution in [2.75, 3.05) is 26.4 Å². The van der Waals surface area contributed by atoms with E-state index in [-0.39, 0.29) is 12.5 Å². The van der Waals surface area contributed by atoms with Crippen LogP contribution in [0.1, 0.15) is 29.8 Å². The molecule has 0 aliphatic rings. The van der Waals surface area contributed by atoms with Gasteiger partial charge in [-0.2, -0.15) is 0 Å². The van der Waals surface area contributed by atoms with Gasteiger partial charge in [-0.3, -0.25) is 9.59 Å². The standard InChI is InChI=1S/C21H25NO5/c1-3-26-13-14-27-18-12-8-7-11-17(18)19(23)22-15-21(2,20(24)25)16-9-5-4-6-10-16/h4-12H,3,13-15H2,1-2H3,(H,22,23)(H,24,25). The quantitative estimate of drug-likeness (QED) is 0.628. The van der Waals surface area contributed by atoms with Gasteiger partial charge < -0.3 is 19.9 Å². The zero-order chi connectivity index (χ0) is 19.7. The summed E-state index contributed by atoms with van der Waals surface area (Å²) in [4.78, 5) is 24.5. The molecule has 0 bridgehead atoms. The maximum absolute atomic E-state index is 12.6. The zero-order valence-corrected chi connectivity index (χ0v) is 15.6. The molecule has 2 rings (SSSR count). The lowest BCUT2D eigenvalue weighted by Gasteiger charge is -2.26. The Hall–Kier alpha value is -2.86. The molecular weight excluding hydrogens is 346 g/mol. The van der Waals surface area contributed by atoms with Crippen LogP contribution < -0.4 is 10.1 Å². The van der Waals surface area contributed by atoms with Crippen LogP contribution in [0.3, 0.4) is 0 Å². The highest BCUT2D eigenvalue weighted by atomic mass is 16.5.